The van der Waals surface area contributed by atoms with E-state index in [-0.39, 0.29) is 12.3 Å². The number of nitrogens with one attached hydrogen (secondary N) is 2. The van der Waals surface area contributed by atoms with Gasteiger partial charge in [0.1, 0.15) is 5.60 Å². The summed E-state index contributed by atoms with van der Waals surface area (Å²) < 4.78 is 5.47. The third-order valence-corrected chi connectivity index (χ3v) is 7.19. The molecular weight excluding hydrogens is 504 g/mol. The fourth-order valence-electron chi connectivity index (χ4n) is 5.27. The van der Waals surface area contributed by atoms with Crippen molar-refractivity contribution in [3.05, 3.63) is 107 Å². The molecule has 5 atom stereocenters. The zero-order valence-corrected chi connectivity index (χ0v) is 23.4. The summed E-state index contributed by atoms with van der Waals surface area (Å²) in [6, 6.07) is 25.8. The summed E-state index contributed by atoms with van der Waals surface area (Å²) in [6.07, 6.45) is -1.02. The van der Waals surface area contributed by atoms with Crippen molar-refractivity contribution >= 4 is 12.0 Å². The SMILES string of the molecule is CC(C)(C)OC(=O)NC(Cc1ccccc1)C(O)CC(Cc1ccccc1)C(=O)N[C@H]1c2ccccc2C[C@@H]1O. The number of carbonyl (C=O) groups excluding carboxylic acids is 2. The average molecular weight is 545 g/mol. The number of benzene rings is 3. The largest absolute Gasteiger partial charge is 0.444 e. The normalized spacial score (nSPS) is 18.7. The van der Waals surface area contributed by atoms with E-state index in [1.165, 1.54) is 0 Å². The Labute approximate surface area is 236 Å². The first kappa shape index (κ1) is 29.3. The van der Waals surface area contributed by atoms with Crippen LogP contribution in [0.3, 0.4) is 0 Å². The van der Waals surface area contributed by atoms with E-state index in [1.807, 2.05) is 84.9 Å². The van der Waals surface area contributed by atoms with E-state index in [4.69, 9.17) is 4.74 Å². The summed E-state index contributed by atoms with van der Waals surface area (Å²) in [7, 11) is 0. The van der Waals surface area contributed by atoms with E-state index >= 15 is 0 Å². The second-order valence-corrected chi connectivity index (χ2v) is 11.6. The highest BCUT2D eigenvalue weighted by Gasteiger charge is 2.35. The lowest BCUT2D eigenvalue weighted by molar-refractivity contribution is -0.127. The van der Waals surface area contributed by atoms with Crippen molar-refractivity contribution in [3.8, 4) is 0 Å². The first-order valence-corrected chi connectivity index (χ1v) is 13.9. The minimum atomic E-state index is -1.03. The minimum absolute atomic E-state index is 0.110. The van der Waals surface area contributed by atoms with Gasteiger partial charge in [-0.3, -0.25) is 4.79 Å². The first-order valence-electron chi connectivity index (χ1n) is 13.9. The summed E-state index contributed by atoms with van der Waals surface area (Å²) in [5.41, 5.74) is 3.14. The Bertz CT molecular complexity index is 1260. The second kappa shape index (κ2) is 13.1. The fourth-order valence-corrected chi connectivity index (χ4v) is 5.27. The molecule has 0 radical (unpaired) electrons. The lowest BCUT2D eigenvalue weighted by atomic mass is 9.88. The zero-order chi connectivity index (χ0) is 28.7. The highest BCUT2D eigenvalue weighted by molar-refractivity contribution is 5.80. The number of hydrogen-bond donors (Lipinski definition) is 4. The van der Waals surface area contributed by atoms with Crippen LogP contribution >= 0.6 is 0 Å². The standard InChI is InChI=1S/C33H40N2O5/c1-33(2,3)40-32(39)34-27(19-23-14-8-5-9-15-23)28(36)21-25(18-22-12-6-4-7-13-22)31(38)35-30-26-17-11-10-16-24(26)20-29(30)37/h4-17,25,27-30,36-37H,18-21H2,1-3H3,(H,34,39)(H,35,38)/t25?,27?,28?,29-,30-/m0/s1. The predicted octanol–water partition coefficient (Wildman–Crippen LogP) is 4.51. The Morgan fingerprint density at radius 2 is 1.48 bits per heavy atom. The first-order chi connectivity index (χ1) is 19.1. The molecule has 3 unspecified atom stereocenters. The monoisotopic (exact) mass is 544 g/mol. The van der Waals surface area contributed by atoms with Gasteiger partial charge in [-0.2, -0.15) is 0 Å². The quantitative estimate of drug-likeness (QED) is 0.301. The van der Waals surface area contributed by atoms with Crippen molar-refractivity contribution in [1.82, 2.24) is 10.6 Å². The molecule has 2 amide bonds. The van der Waals surface area contributed by atoms with Gasteiger partial charge in [0, 0.05) is 12.3 Å². The minimum Gasteiger partial charge on any atom is -0.444 e. The van der Waals surface area contributed by atoms with E-state index in [2.05, 4.69) is 10.6 Å². The van der Waals surface area contributed by atoms with Gasteiger partial charge < -0.3 is 25.6 Å². The molecule has 7 heteroatoms. The van der Waals surface area contributed by atoms with Gasteiger partial charge in [-0.1, -0.05) is 84.9 Å². The molecule has 0 fully saturated rings. The Balaban J connectivity index is 1.54. The molecule has 0 saturated carbocycles. The molecule has 3 aromatic carbocycles. The van der Waals surface area contributed by atoms with E-state index in [9.17, 15) is 19.8 Å². The molecule has 4 rings (SSSR count). The number of amides is 2. The summed E-state index contributed by atoms with van der Waals surface area (Å²) in [6.45, 7) is 5.35. The van der Waals surface area contributed by atoms with Gasteiger partial charge in [0.2, 0.25) is 5.91 Å². The highest BCUT2D eigenvalue weighted by atomic mass is 16.6. The molecule has 1 aliphatic carbocycles. The van der Waals surface area contributed by atoms with Crippen LogP contribution in [0.1, 0.15) is 55.5 Å². The smallest absolute Gasteiger partial charge is 0.407 e. The summed E-state index contributed by atoms with van der Waals surface area (Å²) in [5, 5.41) is 28.1. The van der Waals surface area contributed by atoms with Crippen molar-refractivity contribution in [2.45, 2.75) is 76.3 Å². The molecule has 1 aliphatic rings. The van der Waals surface area contributed by atoms with Crippen molar-refractivity contribution in [2.75, 3.05) is 0 Å². The number of aliphatic hydroxyl groups excluding tert-OH is 2. The van der Waals surface area contributed by atoms with Gasteiger partial charge in [0.15, 0.2) is 0 Å². The van der Waals surface area contributed by atoms with Crippen molar-refractivity contribution in [1.29, 1.82) is 0 Å². The van der Waals surface area contributed by atoms with Crippen molar-refractivity contribution < 1.29 is 24.5 Å². The second-order valence-electron chi connectivity index (χ2n) is 11.6. The Morgan fingerprint density at radius 3 is 2.10 bits per heavy atom. The average Bonchev–Trinajstić information content (AvgIpc) is 3.22. The number of rotatable bonds is 10. The molecule has 0 saturated heterocycles. The molecule has 4 N–H and O–H groups in total. The van der Waals surface area contributed by atoms with E-state index in [0.717, 1.165) is 22.3 Å². The molecule has 0 spiro atoms. The molecule has 0 aliphatic heterocycles. The number of hydrogen-bond acceptors (Lipinski definition) is 5. The van der Waals surface area contributed by atoms with Gasteiger partial charge in [-0.05, 0) is 62.3 Å². The van der Waals surface area contributed by atoms with Crippen LogP contribution in [-0.2, 0) is 28.8 Å². The van der Waals surface area contributed by atoms with Crippen LogP contribution in [0.5, 0.6) is 0 Å². The Hall–Kier alpha value is -3.68. The number of carbonyl (C=O) groups is 2. The number of ether oxygens (including phenoxy) is 1. The van der Waals surface area contributed by atoms with Crippen LogP contribution in [0.4, 0.5) is 4.79 Å². The number of alkyl carbamates (subject to hydrolysis) is 1. The van der Waals surface area contributed by atoms with Crippen LogP contribution in [-0.4, -0.2) is 46.1 Å². The third-order valence-electron chi connectivity index (χ3n) is 7.19. The lowest BCUT2D eigenvalue weighted by Gasteiger charge is -2.29. The molecule has 40 heavy (non-hydrogen) atoms. The maximum atomic E-state index is 13.7. The van der Waals surface area contributed by atoms with Gasteiger partial charge >= 0.3 is 6.09 Å². The van der Waals surface area contributed by atoms with Gasteiger partial charge in [0.25, 0.3) is 0 Å². The molecule has 0 aromatic heterocycles. The third kappa shape index (κ3) is 8.16. The van der Waals surface area contributed by atoms with Gasteiger partial charge in [-0.25, -0.2) is 4.79 Å². The molecule has 3 aromatic rings. The molecule has 0 bridgehead atoms. The van der Waals surface area contributed by atoms with Gasteiger partial charge in [0.05, 0.1) is 24.3 Å². The fraction of sp³-hybridized carbons (Fsp3) is 0.394. The maximum absolute atomic E-state index is 13.7. The van der Waals surface area contributed by atoms with Crippen LogP contribution in [0.15, 0.2) is 84.9 Å². The molecule has 0 heterocycles. The summed E-state index contributed by atoms with van der Waals surface area (Å²) >= 11 is 0. The molecule has 212 valence electrons. The highest BCUT2D eigenvalue weighted by Crippen LogP contribution is 2.32. The maximum Gasteiger partial charge on any atom is 0.407 e. The van der Waals surface area contributed by atoms with Crippen LogP contribution < -0.4 is 10.6 Å². The van der Waals surface area contributed by atoms with Crippen LogP contribution in [0.2, 0.25) is 0 Å². The van der Waals surface area contributed by atoms with Crippen LogP contribution in [0, 0.1) is 5.92 Å². The predicted molar refractivity (Wildman–Crippen MR) is 155 cm³/mol. The van der Waals surface area contributed by atoms with E-state index in [0.29, 0.717) is 19.3 Å². The van der Waals surface area contributed by atoms with Crippen molar-refractivity contribution in [3.63, 3.8) is 0 Å². The van der Waals surface area contributed by atoms with E-state index < -0.39 is 41.9 Å². The topological polar surface area (TPSA) is 108 Å². The van der Waals surface area contributed by atoms with E-state index in [1.54, 1.807) is 20.8 Å². The van der Waals surface area contributed by atoms with Gasteiger partial charge in [-0.15, -0.1) is 0 Å². The molecule has 7 nitrogen and oxygen atoms in total. The zero-order valence-electron chi connectivity index (χ0n) is 23.4. The number of aliphatic hydroxyl groups is 2. The Kier molecular flexibility index (Phi) is 9.61. The summed E-state index contributed by atoms with van der Waals surface area (Å²) in [4.78, 5) is 26.4. The lowest BCUT2D eigenvalue weighted by Crippen LogP contribution is -2.48. The summed E-state index contributed by atoms with van der Waals surface area (Å²) in [5.74, 6) is -0.851. The number of fused-ring (bicyclic) bond motifs is 1. The van der Waals surface area contributed by atoms with Crippen molar-refractivity contribution in [2.24, 2.45) is 5.92 Å². The van der Waals surface area contributed by atoms with Crippen LogP contribution in [0.25, 0.3) is 0 Å². The Morgan fingerprint density at radius 1 is 0.900 bits per heavy atom. The molecular formula is C33H40N2O5.